The second kappa shape index (κ2) is 10.5. The van der Waals surface area contributed by atoms with E-state index in [4.69, 9.17) is 9.15 Å². The topological polar surface area (TPSA) is 109 Å². The van der Waals surface area contributed by atoms with Gasteiger partial charge < -0.3 is 9.15 Å². The Hall–Kier alpha value is -4.53. The molecule has 9 nitrogen and oxygen atoms in total. The van der Waals surface area contributed by atoms with Gasteiger partial charge in [-0.1, -0.05) is 43.2 Å². The molecule has 2 aromatic carbocycles. The summed E-state index contributed by atoms with van der Waals surface area (Å²) < 4.78 is 10.9. The summed E-state index contributed by atoms with van der Waals surface area (Å²) in [7, 11) is 0. The Kier molecular flexibility index (Phi) is 6.91. The Balaban J connectivity index is 1.29. The van der Waals surface area contributed by atoms with Crippen LogP contribution in [-0.2, 0) is 9.53 Å². The number of hydrogen-bond acceptors (Lipinski definition) is 7. The molecule has 0 saturated heterocycles. The number of amides is 3. The molecule has 0 saturated carbocycles. The Morgan fingerprint density at radius 1 is 1.05 bits per heavy atom. The third kappa shape index (κ3) is 4.74. The highest BCUT2D eigenvalue weighted by Crippen LogP contribution is 2.33. The molecule has 2 aliphatic rings. The van der Waals surface area contributed by atoms with Crippen molar-refractivity contribution in [3.63, 3.8) is 0 Å². The van der Waals surface area contributed by atoms with E-state index < -0.39 is 30.4 Å². The molecule has 2 aliphatic heterocycles. The Bertz CT molecular complexity index is 1420. The standard InChI is InChI=1S/C29H27N3O6/c1-3-4-13-31-27(34)21-12-11-20(15-22(21)28(31)35)29(36)38-17-26(33)32-24(25-6-5-14-37-25)16-23(30-32)19-9-7-18(2)8-10-19/h5-12,14-15,24H,3-4,13,16-17H2,1-2H3. The van der Waals surface area contributed by atoms with Gasteiger partial charge in [-0.25, -0.2) is 9.80 Å². The highest BCUT2D eigenvalue weighted by molar-refractivity contribution is 6.22. The first kappa shape index (κ1) is 25.1. The third-order valence-electron chi connectivity index (χ3n) is 6.69. The molecular formula is C29H27N3O6. The zero-order chi connectivity index (χ0) is 26.8. The number of carbonyl (C=O) groups is 4. The number of fused-ring (bicyclic) bond motifs is 1. The molecule has 1 unspecified atom stereocenters. The summed E-state index contributed by atoms with van der Waals surface area (Å²) in [6.07, 6.45) is 3.52. The SMILES string of the molecule is CCCCN1C(=O)c2ccc(C(=O)OCC(=O)N3N=C(c4ccc(C)cc4)CC3c3ccco3)cc2C1=O. The number of aryl methyl sites for hydroxylation is 1. The van der Waals surface area contributed by atoms with E-state index in [-0.39, 0.29) is 22.6 Å². The number of unbranched alkanes of at least 4 members (excludes halogenated alkanes) is 1. The van der Waals surface area contributed by atoms with Gasteiger partial charge in [0.15, 0.2) is 6.61 Å². The summed E-state index contributed by atoms with van der Waals surface area (Å²) in [5, 5.41) is 5.83. The van der Waals surface area contributed by atoms with Crippen LogP contribution in [0.15, 0.2) is 70.4 Å². The van der Waals surface area contributed by atoms with Gasteiger partial charge in [0.2, 0.25) is 0 Å². The highest BCUT2D eigenvalue weighted by Gasteiger charge is 2.37. The molecule has 3 amide bonds. The Morgan fingerprint density at radius 3 is 2.53 bits per heavy atom. The molecule has 0 aliphatic carbocycles. The number of rotatable bonds is 8. The average molecular weight is 514 g/mol. The fraction of sp³-hybridized carbons (Fsp3) is 0.276. The molecule has 0 fully saturated rings. The van der Waals surface area contributed by atoms with Crippen LogP contribution in [-0.4, -0.2) is 52.5 Å². The first-order valence-corrected chi connectivity index (χ1v) is 12.5. The normalized spacial score (nSPS) is 16.6. The van der Waals surface area contributed by atoms with E-state index in [1.54, 1.807) is 12.1 Å². The number of nitrogens with zero attached hydrogens (tertiary/aromatic N) is 3. The largest absolute Gasteiger partial charge is 0.467 e. The predicted molar refractivity (Wildman–Crippen MR) is 138 cm³/mol. The molecule has 0 spiro atoms. The molecule has 3 heterocycles. The van der Waals surface area contributed by atoms with E-state index >= 15 is 0 Å². The molecule has 0 bridgehead atoms. The maximum atomic E-state index is 13.1. The van der Waals surface area contributed by atoms with Crippen LogP contribution in [0.3, 0.4) is 0 Å². The first-order valence-electron chi connectivity index (χ1n) is 12.5. The summed E-state index contributed by atoms with van der Waals surface area (Å²) in [6, 6.07) is 15.1. The smallest absolute Gasteiger partial charge is 0.338 e. The summed E-state index contributed by atoms with van der Waals surface area (Å²) in [5.41, 5.74) is 3.24. The number of esters is 1. The van der Waals surface area contributed by atoms with Gasteiger partial charge in [-0.3, -0.25) is 19.3 Å². The van der Waals surface area contributed by atoms with Gasteiger partial charge in [-0.05, 0) is 49.2 Å². The quantitative estimate of drug-likeness (QED) is 0.324. The lowest BCUT2D eigenvalue weighted by Gasteiger charge is -2.19. The number of imide groups is 1. The van der Waals surface area contributed by atoms with Crippen LogP contribution in [0.2, 0.25) is 0 Å². The molecular weight excluding hydrogens is 486 g/mol. The van der Waals surface area contributed by atoms with Gasteiger partial charge >= 0.3 is 5.97 Å². The van der Waals surface area contributed by atoms with Crippen molar-refractivity contribution in [3.05, 3.63) is 94.4 Å². The van der Waals surface area contributed by atoms with E-state index in [1.807, 2.05) is 38.1 Å². The molecule has 194 valence electrons. The third-order valence-corrected chi connectivity index (χ3v) is 6.69. The van der Waals surface area contributed by atoms with Crippen LogP contribution in [0.25, 0.3) is 0 Å². The Labute approximate surface area is 219 Å². The van der Waals surface area contributed by atoms with E-state index in [1.165, 1.54) is 34.4 Å². The number of furan rings is 1. The van der Waals surface area contributed by atoms with Crippen molar-refractivity contribution < 1.29 is 28.3 Å². The maximum Gasteiger partial charge on any atom is 0.338 e. The lowest BCUT2D eigenvalue weighted by atomic mass is 10.0. The molecule has 38 heavy (non-hydrogen) atoms. The zero-order valence-electron chi connectivity index (χ0n) is 21.2. The van der Waals surface area contributed by atoms with E-state index in [0.717, 1.165) is 23.3 Å². The maximum absolute atomic E-state index is 13.1. The number of benzene rings is 2. The molecule has 0 N–H and O–H groups in total. The van der Waals surface area contributed by atoms with Gasteiger partial charge in [-0.15, -0.1) is 0 Å². The lowest BCUT2D eigenvalue weighted by molar-refractivity contribution is -0.136. The van der Waals surface area contributed by atoms with Crippen LogP contribution >= 0.6 is 0 Å². The zero-order valence-corrected chi connectivity index (χ0v) is 21.2. The van der Waals surface area contributed by atoms with E-state index in [9.17, 15) is 19.2 Å². The van der Waals surface area contributed by atoms with Crippen molar-refractivity contribution in [2.24, 2.45) is 5.10 Å². The van der Waals surface area contributed by atoms with Crippen molar-refractivity contribution >= 4 is 29.4 Å². The predicted octanol–water partition coefficient (Wildman–Crippen LogP) is 4.52. The first-order chi connectivity index (χ1) is 18.4. The van der Waals surface area contributed by atoms with Crippen LogP contribution < -0.4 is 0 Å². The van der Waals surface area contributed by atoms with Crippen molar-refractivity contribution in [1.82, 2.24) is 9.91 Å². The van der Waals surface area contributed by atoms with Gasteiger partial charge in [0.25, 0.3) is 17.7 Å². The van der Waals surface area contributed by atoms with Gasteiger partial charge in [-0.2, -0.15) is 5.10 Å². The van der Waals surface area contributed by atoms with Gasteiger partial charge in [0.1, 0.15) is 11.8 Å². The van der Waals surface area contributed by atoms with Crippen LogP contribution in [0.5, 0.6) is 0 Å². The minimum absolute atomic E-state index is 0.0860. The van der Waals surface area contributed by atoms with E-state index in [2.05, 4.69) is 5.10 Å². The number of hydrazone groups is 1. The average Bonchev–Trinajstić information content (AvgIpc) is 3.66. The second-order valence-corrected chi connectivity index (χ2v) is 9.34. The number of carbonyl (C=O) groups excluding carboxylic acids is 4. The molecule has 1 atom stereocenters. The minimum Gasteiger partial charge on any atom is -0.467 e. The van der Waals surface area contributed by atoms with Gasteiger partial charge in [0, 0.05) is 13.0 Å². The highest BCUT2D eigenvalue weighted by atomic mass is 16.5. The van der Waals surface area contributed by atoms with Crippen LogP contribution in [0, 0.1) is 6.92 Å². The lowest BCUT2D eigenvalue weighted by Crippen LogP contribution is -2.31. The monoisotopic (exact) mass is 513 g/mol. The van der Waals surface area contributed by atoms with Crippen molar-refractivity contribution in [2.45, 2.75) is 39.2 Å². The van der Waals surface area contributed by atoms with Crippen molar-refractivity contribution in [2.75, 3.05) is 13.2 Å². The second-order valence-electron chi connectivity index (χ2n) is 9.34. The molecule has 9 heteroatoms. The number of hydrogen-bond donors (Lipinski definition) is 0. The molecule has 0 radical (unpaired) electrons. The fourth-order valence-corrected chi connectivity index (χ4v) is 4.58. The van der Waals surface area contributed by atoms with Crippen LogP contribution in [0.1, 0.15) is 80.2 Å². The van der Waals surface area contributed by atoms with E-state index in [0.29, 0.717) is 25.1 Å². The van der Waals surface area contributed by atoms with Crippen LogP contribution in [0.4, 0.5) is 0 Å². The van der Waals surface area contributed by atoms with Crippen molar-refractivity contribution in [1.29, 1.82) is 0 Å². The van der Waals surface area contributed by atoms with Gasteiger partial charge in [0.05, 0.1) is 28.7 Å². The summed E-state index contributed by atoms with van der Waals surface area (Å²) in [6.45, 7) is 3.75. The summed E-state index contributed by atoms with van der Waals surface area (Å²) in [5.74, 6) is -1.51. The molecule has 5 rings (SSSR count). The van der Waals surface area contributed by atoms with Crippen molar-refractivity contribution in [3.8, 4) is 0 Å². The summed E-state index contributed by atoms with van der Waals surface area (Å²) >= 11 is 0. The summed E-state index contributed by atoms with van der Waals surface area (Å²) in [4.78, 5) is 52.4. The number of ether oxygens (including phenoxy) is 1. The molecule has 1 aromatic heterocycles. The minimum atomic E-state index is -0.773. The Morgan fingerprint density at radius 2 is 1.82 bits per heavy atom. The molecule has 3 aromatic rings. The fourth-order valence-electron chi connectivity index (χ4n) is 4.58.